The molecule has 3 N–H and O–H groups in total. The molecule has 2 rings (SSSR count). The second-order valence-corrected chi connectivity index (χ2v) is 4.10. The van der Waals surface area contributed by atoms with Gasteiger partial charge < -0.3 is 15.8 Å². The van der Waals surface area contributed by atoms with E-state index in [0.717, 1.165) is 0 Å². The minimum Gasteiger partial charge on any atom is -0.482 e. The number of terminal acetylenes is 1. The minimum absolute atomic E-state index is 0.117. The van der Waals surface area contributed by atoms with Gasteiger partial charge in [0.15, 0.2) is 6.61 Å². The molecule has 0 aromatic heterocycles. The average Bonchev–Trinajstić information content (AvgIpc) is 2.46. The van der Waals surface area contributed by atoms with Crippen molar-refractivity contribution in [3.63, 3.8) is 0 Å². The molecule has 4 heteroatoms. The Hall–Kier alpha value is -2.93. The molecule has 2 aromatic carbocycles. The Morgan fingerprint density at radius 1 is 1.25 bits per heavy atom. The molecule has 0 bridgehead atoms. The third-order valence-corrected chi connectivity index (χ3v) is 2.59. The molecule has 0 fully saturated rings. The number of nitrogens with two attached hydrogens (primary N) is 1. The third kappa shape index (κ3) is 3.53. The fourth-order valence-corrected chi connectivity index (χ4v) is 1.64. The zero-order chi connectivity index (χ0) is 14.4. The van der Waals surface area contributed by atoms with Crippen LogP contribution in [-0.2, 0) is 4.79 Å². The van der Waals surface area contributed by atoms with Gasteiger partial charge in [0.2, 0.25) is 0 Å². The lowest BCUT2D eigenvalue weighted by atomic mass is 10.2. The van der Waals surface area contributed by atoms with Crippen LogP contribution < -0.4 is 15.8 Å². The highest BCUT2D eigenvalue weighted by Gasteiger charge is 2.05. The molecule has 0 aliphatic heterocycles. The number of nitrogens with one attached hydrogen (secondary N) is 1. The summed E-state index contributed by atoms with van der Waals surface area (Å²) >= 11 is 0. The molecule has 1 amide bonds. The molecule has 100 valence electrons. The van der Waals surface area contributed by atoms with Crippen molar-refractivity contribution < 1.29 is 9.53 Å². The van der Waals surface area contributed by atoms with Crippen molar-refractivity contribution in [1.29, 1.82) is 0 Å². The van der Waals surface area contributed by atoms with Crippen molar-refractivity contribution in [2.75, 3.05) is 17.7 Å². The number of carbonyl (C=O) groups is 1. The molecule has 0 unspecified atom stereocenters. The van der Waals surface area contributed by atoms with E-state index in [4.69, 9.17) is 16.9 Å². The Bertz CT molecular complexity index is 660. The first-order chi connectivity index (χ1) is 9.69. The van der Waals surface area contributed by atoms with Crippen LogP contribution in [0, 0.1) is 12.3 Å². The number of benzene rings is 2. The van der Waals surface area contributed by atoms with Crippen LogP contribution in [0.2, 0.25) is 0 Å². The van der Waals surface area contributed by atoms with Gasteiger partial charge in [0.1, 0.15) is 5.75 Å². The van der Waals surface area contributed by atoms with Crippen molar-refractivity contribution >= 4 is 17.3 Å². The normalized spacial score (nSPS) is 9.55. The second kappa shape index (κ2) is 6.30. The van der Waals surface area contributed by atoms with E-state index in [1.807, 2.05) is 0 Å². The van der Waals surface area contributed by atoms with Gasteiger partial charge in [0, 0.05) is 11.3 Å². The number of hydrogen-bond donors (Lipinski definition) is 2. The number of anilines is 2. The van der Waals surface area contributed by atoms with Crippen LogP contribution in [0.4, 0.5) is 11.4 Å². The van der Waals surface area contributed by atoms with Gasteiger partial charge in [0.05, 0.1) is 5.69 Å². The molecule has 0 saturated carbocycles. The molecule has 4 nitrogen and oxygen atoms in total. The summed E-state index contributed by atoms with van der Waals surface area (Å²) in [4.78, 5) is 11.8. The molecule has 0 radical (unpaired) electrons. The van der Waals surface area contributed by atoms with E-state index >= 15 is 0 Å². The number of para-hydroxylation sites is 2. The first kappa shape index (κ1) is 13.5. The summed E-state index contributed by atoms with van der Waals surface area (Å²) in [7, 11) is 0. The quantitative estimate of drug-likeness (QED) is 0.659. The number of nitrogen functional groups attached to an aromatic ring is 1. The number of amides is 1. The fraction of sp³-hybridized carbons (Fsp3) is 0.0625. The highest BCUT2D eigenvalue weighted by molar-refractivity contribution is 5.92. The van der Waals surface area contributed by atoms with Crippen LogP contribution in [0.1, 0.15) is 5.56 Å². The Kier molecular flexibility index (Phi) is 4.25. The number of hydrogen-bond acceptors (Lipinski definition) is 3. The lowest BCUT2D eigenvalue weighted by molar-refractivity contribution is -0.118. The third-order valence-electron chi connectivity index (χ3n) is 2.59. The Morgan fingerprint density at radius 2 is 2.05 bits per heavy atom. The maximum absolute atomic E-state index is 11.8. The van der Waals surface area contributed by atoms with Crippen LogP contribution in [-0.4, -0.2) is 12.5 Å². The maximum Gasteiger partial charge on any atom is 0.262 e. The highest BCUT2D eigenvalue weighted by atomic mass is 16.5. The summed E-state index contributed by atoms with van der Waals surface area (Å²) in [5, 5.41) is 2.71. The summed E-state index contributed by atoms with van der Waals surface area (Å²) in [6, 6.07) is 14.1. The number of ether oxygens (including phenoxy) is 1. The predicted octanol–water partition coefficient (Wildman–Crippen LogP) is 2.27. The predicted molar refractivity (Wildman–Crippen MR) is 79.4 cm³/mol. The number of carbonyl (C=O) groups excluding carboxylic acids is 1. The molecule has 0 spiro atoms. The van der Waals surface area contributed by atoms with Gasteiger partial charge in [-0.15, -0.1) is 6.42 Å². The van der Waals surface area contributed by atoms with Crippen molar-refractivity contribution in [1.82, 2.24) is 0 Å². The molecule has 20 heavy (non-hydrogen) atoms. The molecule has 0 aliphatic rings. The van der Waals surface area contributed by atoms with Gasteiger partial charge in [0.25, 0.3) is 5.91 Å². The summed E-state index contributed by atoms with van der Waals surface area (Å²) in [5.41, 5.74) is 7.55. The summed E-state index contributed by atoms with van der Waals surface area (Å²) in [6.07, 6.45) is 5.30. The van der Waals surface area contributed by atoms with E-state index in [1.165, 1.54) is 0 Å². The van der Waals surface area contributed by atoms with Gasteiger partial charge >= 0.3 is 0 Å². The van der Waals surface area contributed by atoms with E-state index in [2.05, 4.69) is 11.2 Å². The first-order valence-corrected chi connectivity index (χ1v) is 6.03. The van der Waals surface area contributed by atoms with Crippen LogP contribution in [0.25, 0.3) is 0 Å². The van der Waals surface area contributed by atoms with Crippen LogP contribution >= 0.6 is 0 Å². The topological polar surface area (TPSA) is 64.3 Å². The van der Waals surface area contributed by atoms with Gasteiger partial charge in [-0.05, 0) is 30.3 Å². The lowest BCUT2D eigenvalue weighted by Gasteiger charge is -2.09. The molecular formula is C16H14N2O2. The molecule has 0 aliphatic carbocycles. The van der Waals surface area contributed by atoms with Crippen LogP contribution in [0.15, 0.2) is 48.5 Å². The fourth-order valence-electron chi connectivity index (χ4n) is 1.64. The Morgan fingerprint density at radius 3 is 2.80 bits per heavy atom. The van der Waals surface area contributed by atoms with Gasteiger partial charge in [-0.25, -0.2) is 0 Å². The van der Waals surface area contributed by atoms with E-state index in [-0.39, 0.29) is 12.5 Å². The number of rotatable bonds is 4. The van der Waals surface area contributed by atoms with Gasteiger partial charge in [-0.1, -0.05) is 24.1 Å². The van der Waals surface area contributed by atoms with Crippen molar-refractivity contribution in [2.45, 2.75) is 0 Å². The molecular weight excluding hydrogens is 252 g/mol. The molecule has 2 aromatic rings. The first-order valence-electron chi connectivity index (χ1n) is 6.03. The van der Waals surface area contributed by atoms with Crippen LogP contribution in [0.5, 0.6) is 5.75 Å². The highest BCUT2D eigenvalue weighted by Crippen LogP contribution is 2.19. The van der Waals surface area contributed by atoms with Gasteiger partial charge in [-0.2, -0.15) is 0 Å². The summed E-state index contributed by atoms with van der Waals surface area (Å²) in [5.74, 6) is 2.72. The second-order valence-electron chi connectivity index (χ2n) is 4.10. The van der Waals surface area contributed by atoms with E-state index < -0.39 is 0 Å². The van der Waals surface area contributed by atoms with Crippen molar-refractivity contribution in [2.24, 2.45) is 0 Å². The standard InChI is InChI=1S/C16H14N2O2/c1-2-12-6-5-7-13(10-12)18-16(19)11-20-15-9-4-3-8-14(15)17/h1,3-10H,11,17H2,(H,18,19). The van der Waals surface area contributed by atoms with Crippen molar-refractivity contribution in [3.05, 3.63) is 54.1 Å². The van der Waals surface area contributed by atoms with Crippen molar-refractivity contribution in [3.8, 4) is 18.1 Å². The summed E-state index contributed by atoms with van der Waals surface area (Å²) < 4.78 is 5.35. The van der Waals surface area contributed by atoms with E-state index in [1.54, 1.807) is 48.5 Å². The summed E-state index contributed by atoms with van der Waals surface area (Å²) in [6.45, 7) is -0.117. The maximum atomic E-state index is 11.8. The zero-order valence-corrected chi connectivity index (χ0v) is 10.8. The lowest BCUT2D eigenvalue weighted by Crippen LogP contribution is -2.20. The smallest absolute Gasteiger partial charge is 0.262 e. The SMILES string of the molecule is C#Cc1cccc(NC(=O)COc2ccccc2N)c1. The van der Waals surface area contributed by atoms with E-state index in [9.17, 15) is 4.79 Å². The Balaban J connectivity index is 1.93. The minimum atomic E-state index is -0.276. The van der Waals surface area contributed by atoms with E-state index in [0.29, 0.717) is 22.7 Å². The molecule has 0 saturated heterocycles. The van der Waals surface area contributed by atoms with Gasteiger partial charge in [-0.3, -0.25) is 4.79 Å². The average molecular weight is 266 g/mol. The monoisotopic (exact) mass is 266 g/mol. The zero-order valence-electron chi connectivity index (χ0n) is 10.8. The molecule has 0 atom stereocenters. The molecule has 0 heterocycles. The Labute approximate surface area is 117 Å². The van der Waals surface area contributed by atoms with Crippen LogP contribution in [0.3, 0.4) is 0 Å². The largest absolute Gasteiger partial charge is 0.482 e.